The molecule has 3 aliphatic carbocycles. The smallest absolute Gasteiger partial charge is 0.312 e. The second-order valence-electron chi connectivity index (χ2n) is 13.0. The zero-order valence-electron chi connectivity index (χ0n) is 25.8. The number of rotatable bonds is 8. The van der Waals surface area contributed by atoms with E-state index in [4.69, 9.17) is 4.74 Å². The molecule has 0 aromatic heterocycles. The lowest BCUT2D eigenvalue weighted by Crippen LogP contribution is -2.43. The fourth-order valence-corrected chi connectivity index (χ4v) is 7.70. The quantitative estimate of drug-likeness (QED) is 0.187. The largest absolute Gasteiger partial charge is 0.463 e. The second-order valence-corrected chi connectivity index (χ2v) is 13.0. The molecule has 6 nitrogen and oxygen atoms in total. The third-order valence-corrected chi connectivity index (χ3v) is 10.2. The predicted molar refractivity (Wildman–Crippen MR) is 171 cm³/mol. The van der Waals surface area contributed by atoms with Gasteiger partial charge in [0.05, 0.1) is 12.0 Å². The van der Waals surface area contributed by atoms with Gasteiger partial charge in [-0.2, -0.15) is 0 Å². The van der Waals surface area contributed by atoms with E-state index in [1.807, 2.05) is 30.1 Å². The minimum atomic E-state index is -0.537. The molecule has 43 heavy (non-hydrogen) atoms. The Hall–Kier alpha value is -3.93. The molecule has 0 fully saturated rings. The molecule has 1 aliphatic heterocycles. The molecule has 1 heterocycles. The Morgan fingerprint density at radius 3 is 2.67 bits per heavy atom. The Balaban J connectivity index is 1.16. The lowest BCUT2D eigenvalue weighted by atomic mass is 9.58. The summed E-state index contributed by atoms with van der Waals surface area (Å²) in [7, 11) is 1.95. The van der Waals surface area contributed by atoms with Crippen LogP contribution in [0.4, 0.5) is 5.69 Å². The summed E-state index contributed by atoms with van der Waals surface area (Å²) < 4.78 is 6.01. The average molecular weight is 579 g/mol. The van der Waals surface area contributed by atoms with Crippen molar-refractivity contribution in [1.29, 1.82) is 0 Å². The van der Waals surface area contributed by atoms with E-state index in [1.165, 1.54) is 21.6 Å². The van der Waals surface area contributed by atoms with Crippen LogP contribution in [0.1, 0.15) is 73.6 Å². The van der Waals surface area contributed by atoms with E-state index >= 15 is 0 Å². The van der Waals surface area contributed by atoms with Crippen LogP contribution in [0, 0.1) is 23.2 Å². The number of esters is 1. The number of hydrogen-bond acceptors (Lipinski definition) is 5. The van der Waals surface area contributed by atoms with Crippen molar-refractivity contribution in [3.63, 3.8) is 0 Å². The summed E-state index contributed by atoms with van der Waals surface area (Å²) >= 11 is 0. The van der Waals surface area contributed by atoms with Gasteiger partial charge in [-0.05, 0) is 74.6 Å². The molecule has 6 rings (SSSR count). The van der Waals surface area contributed by atoms with Crippen LogP contribution in [0.3, 0.4) is 0 Å². The lowest BCUT2D eigenvalue weighted by Gasteiger charge is -2.46. The number of hydrogen-bond donors (Lipinski definition) is 0. The molecule has 0 saturated heterocycles. The van der Waals surface area contributed by atoms with Crippen molar-refractivity contribution in [1.82, 2.24) is 4.90 Å². The second kappa shape index (κ2) is 11.3. The third kappa shape index (κ3) is 4.85. The maximum atomic E-state index is 13.7. The first-order chi connectivity index (χ1) is 20.7. The molecule has 3 unspecified atom stereocenters. The molecule has 0 N–H and O–H groups in total. The molecule has 3 atom stereocenters. The molecule has 0 saturated carbocycles. The molecule has 0 radical (unpaired) electrons. The zero-order valence-corrected chi connectivity index (χ0v) is 25.8. The fraction of sp³-hybridized carbons (Fsp3) is 0.432. The number of ether oxygens (including phenoxy) is 1. The number of benzene rings is 2. The van der Waals surface area contributed by atoms with E-state index in [-0.39, 0.29) is 36.9 Å². The Kier molecular flexibility index (Phi) is 7.66. The Morgan fingerprint density at radius 1 is 1.16 bits per heavy atom. The van der Waals surface area contributed by atoms with Crippen LogP contribution in [0.2, 0.25) is 0 Å². The highest BCUT2D eigenvalue weighted by molar-refractivity contribution is 6.26. The molecule has 2 aromatic carbocycles. The van der Waals surface area contributed by atoms with Crippen molar-refractivity contribution in [2.75, 3.05) is 31.6 Å². The van der Waals surface area contributed by atoms with E-state index < -0.39 is 5.41 Å². The maximum absolute atomic E-state index is 13.7. The first-order valence-corrected chi connectivity index (χ1v) is 15.7. The first-order valence-electron chi connectivity index (χ1n) is 15.7. The highest BCUT2D eigenvalue weighted by atomic mass is 16.5. The number of anilines is 1. The number of allylic oxidation sites excluding steroid dienone is 6. The first kappa shape index (κ1) is 29.2. The van der Waals surface area contributed by atoms with Crippen molar-refractivity contribution in [2.45, 2.75) is 52.9 Å². The van der Waals surface area contributed by atoms with Crippen molar-refractivity contribution in [3.05, 3.63) is 89.1 Å². The lowest BCUT2D eigenvalue weighted by molar-refractivity contribution is -0.158. The van der Waals surface area contributed by atoms with Gasteiger partial charge in [-0.1, -0.05) is 61.4 Å². The van der Waals surface area contributed by atoms with Gasteiger partial charge in [0, 0.05) is 47.1 Å². The molecular formula is C37H42N2O4. The van der Waals surface area contributed by atoms with E-state index in [0.717, 1.165) is 43.2 Å². The number of amides is 2. The summed E-state index contributed by atoms with van der Waals surface area (Å²) in [5.41, 5.74) is 5.80. The van der Waals surface area contributed by atoms with Crippen LogP contribution in [0.5, 0.6) is 0 Å². The van der Waals surface area contributed by atoms with E-state index in [9.17, 15) is 14.4 Å². The van der Waals surface area contributed by atoms with Gasteiger partial charge in [-0.25, -0.2) is 0 Å². The monoisotopic (exact) mass is 578 g/mol. The molecule has 2 amide bonds. The summed E-state index contributed by atoms with van der Waals surface area (Å²) in [6.07, 6.45) is 13.6. The molecule has 224 valence electrons. The van der Waals surface area contributed by atoms with Crippen LogP contribution < -0.4 is 4.90 Å². The molecule has 4 aliphatic rings. The number of imide groups is 1. The number of carbonyl (C=O) groups excluding carboxylic acids is 3. The predicted octanol–water partition coefficient (Wildman–Crippen LogP) is 7.27. The average Bonchev–Trinajstić information content (AvgIpc) is 3.01. The van der Waals surface area contributed by atoms with Crippen molar-refractivity contribution >= 4 is 34.2 Å². The van der Waals surface area contributed by atoms with Gasteiger partial charge in [-0.15, -0.1) is 6.58 Å². The SMILES string of the molecule is C=CCN1C(=O)c2cccc3c(N(C)CCOC(=O)C4(C)CCC=C5C6CCC(C(C)C)=CC6=CCC54)ccc(c23)C1=O. The van der Waals surface area contributed by atoms with Gasteiger partial charge in [0.15, 0.2) is 0 Å². The molecule has 6 heteroatoms. The number of fused-ring (bicyclic) bond motifs is 3. The van der Waals surface area contributed by atoms with E-state index in [0.29, 0.717) is 34.9 Å². The van der Waals surface area contributed by atoms with Crippen LogP contribution in [0.25, 0.3) is 10.8 Å². The van der Waals surface area contributed by atoms with Gasteiger partial charge in [0.25, 0.3) is 11.8 Å². The van der Waals surface area contributed by atoms with Gasteiger partial charge in [-0.3, -0.25) is 19.3 Å². The Bertz CT molecular complexity index is 1590. The zero-order chi connectivity index (χ0) is 30.5. The highest BCUT2D eigenvalue weighted by Crippen LogP contribution is 2.53. The van der Waals surface area contributed by atoms with Crippen molar-refractivity contribution in [3.8, 4) is 0 Å². The standard InChI is InChI=1S/C37H42N2O4/c1-6-19-39-34(40)29-10-7-9-28-32(17-15-30(33(28)29)35(39)41)38(5)20-21-43-36(42)37(4)18-8-11-27-26-14-12-24(23(2)3)22-25(26)13-16-31(27)37/h6-7,9-11,13,15,17,22-23,26,31H,1,8,12,14,16,18-21H2,2-5H3. The summed E-state index contributed by atoms with van der Waals surface area (Å²) in [6.45, 7) is 11.3. The fourth-order valence-electron chi connectivity index (χ4n) is 7.70. The molecular weight excluding hydrogens is 536 g/mol. The van der Waals surface area contributed by atoms with Gasteiger partial charge in [0.1, 0.15) is 6.61 Å². The highest BCUT2D eigenvalue weighted by Gasteiger charge is 2.48. The topological polar surface area (TPSA) is 66.9 Å². The minimum absolute atomic E-state index is 0.113. The summed E-state index contributed by atoms with van der Waals surface area (Å²) in [4.78, 5) is 43.2. The van der Waals surface area contributed by atoms with Gasteiger partial charge >= 0.3 is 5.97 Å². The van der Waals surface area contributed by atoms with Crippen molar-refractivity contribution < 1.29 is 19.1 Å². The molecule has 0 bridgehead atoms. The number of carbonyl (C=O) groups is 3. The third-order valence-electron chi connectivity index (χ3n) is 10.2. The number of likely N-dealkylation sites (N-methyl/N-ethyl adjacent to an activating group) is 1. The summed E-state index contributed by atoms with van der Waals surface area (Å²) in [5, 5.41) is 1.51. The van der Waals surface area contributed by atoms with Crippen LogP contribution in [-0.4, -0.2) is 49.4 Å². The molecule has 0 spiro atoms. The van der Waals surface area contributed by atoms with E-state index in [1.54, 1.807) is 18.2 Å². The summed E-state index contributed by atoms with van der Waals surface area (Å²) in [6, 6.07) is 9.27. The van der Waals surface area contributed by atoms with Crippen LogP contribution in [0.15, 0.2) is 77.9 Å². The van der Waals surface area contributed by atoms with Gasteiger partial charge < -0.3 is 9.64 Å². The summed E-state index contributed by atoms with van der Waals surface area (Å²) in [5.74, 6) is 0.463. The molecule has 2 aromatic rings. The van der Waals surface area contributed by atoms with E-state index in [2.05, 4.69) is 45.6 Å². The maximum Gasteiger partial charge on any atom is 0.312 e. The Labute approximate surface area is 254 Å². The van der Waals surface area contributed by atoms with Crippen LogP contribution in [-0.2, 0) is 9.53 Å². The van der Waals surface area contributed by atoms with Gasteiger partial charge in [0.2, 0.25) is 0 Å². The minimum Gasteiger partial charge on any atom is -0.463 e. The normalized spacial score (nSPS) is 24.6. The number of nitrogens with zero attached hydrogens (tertiary/aromatic N) is 2. The van der Waals surface area contributed by atoms with Crippen molar-refractivity contribution in [2.24, 2.45) is 23.2 Å². The Morgan fingerprint density at radius 2 is 1.93 bits per heavy atom. The van der Waals surface area contributed by atoms with Crippen LogP contribution >= 0.6 is 0 Å².